The van der Waals surface area contributed by atoms with Gasteiger partial charge in [-0.15, -0.1) is 23.7 Å². The van der Waals surface area contributed by atoms with Gasteiger partial charge in [0.15, 0.2) is 0 Å². The van der Waals surface area contributed by atoms with Crippen molar-refractivity contribution < 1.29 is 8.76 Å². The van der Waals surface area contributed by atoms with Crippen LogP contribution in [0.5, 0.6) is 0 Å². The highest BCUT2D eigenvalue weighted by Crippen LogP contribution is 1.85. The minimum Gasteiger partial charge on any atom is -0.760 e. The molecular formula is C3H6ClN2O2S2-. The summed E-state index contributed by atoms with van der Waals surface area (Å²) in [5.74, 6) is 0. The molecular weight excluding hydrogens is 196 g/mol. The minimum absolute atomic E-state index is 0. The first-order chi connectivity index (χ1) is 4.23. The molecule has 0 spiro atoms. The van der Waals surface area contributed by atoms with Crippen LogP contribution in [0.4, 0.5) is 0 Å². The van der Waals surface area contributed by atoms with Crippen molar-refractivity contribution in [3.8, 4) is 0 Å². The van der Waals surface area contributed by atoms with E-state index in [2.05, 4.69) is 10.1 Å². The highest BCUT2D eigenvalue weighted by atomic mass is 35.5. The van der Waals surface area contributed by atoms with Crippen LogP contribution in [0.3, 0.4) is 0 Å². The van der Waals surface area contributed by atoms with Gasteiger partial charge in [0.25, 0.3) is 0 Å². The van der Waals surface area contributed by atoms with Gasteiger partial charge in [0.05, 0.1) is 5.51 Å². The zero-order valence-electron chi connectivity index (χ0n) is 4.80. The number of nitrogens with two attached hydrogens (primary N) is 1. The lowest BCUT2D eigenvalue weighted by Crippen LogP contribution is -1.97. The summed E-state index contributed by atoms with van der Waals surface area (Å²) in [5.41, 5.74) is 1.79. The first-order valence-electron chi connectivity index (χ1n) is 1.89. The summed E-state index contributed by atoms with van der Waals surface area (Å²) in [6.45, 7) is 0. The second-order valence-corrected chi connectivity index (χ2v) is 2.21. The van der Waals surface area contributed by atoms with Gasteiger partial charge in [0.1, 0.15) is 0 Å². The molecule has 1 unspecified atom stereocenters. The third-order valence-corrected chi connectivity index (χ3v) is 0.869. The van der Waals surface area contributed by atoms with E-state index in [0.717, 1.165) is 0 Å². The zero-order valence-corrected chi connectivity index (χ0v) is 7.25. The Kier molecular flexibility index (Phi) is 11.4. The fraction of sp³-hybridized carbons (Fsp3) is 0. The molecule has 10 heavy (non-hydrogen) atoms. The van der Waals surface area contributed by atoms with Crippen molar-refractivity contribution in [3.63, 3.8) is 0 Å². The van der Waals surface area contributed by atoms with Gasteiger partial charge < -0.3 is 4.55 Å². The van der Waals surface area contributed by atoms with E-state index in [1.165, 1.54) is 0 Å². The van der Waals surface area contributed by atoms with Crippen molar-refractivity contribution >= 4 is 35.0 Å². The van der Waals surface area contributed by atoms with Crippen LogP contribution in [-0.4, -0.2) is 13.7 Å². The molecule has 0 aliphatic heterocycles. The largest absolute Gasteiger partial charge is 0.760 e. The number of thiazole rings is 1. The Morgan fingerprint density at radius 2 is 2.20 bits per heavy atom. The maximum absolute atomic E-state index is 8.78. The SMILES string of the molecule is Cl.NS(=O)[O-].c1cscn1. The fourth-order valence-corrected chi connectivity index (χ4v) is 0.527. The summed E-state index contributed by atoms with van der Waals surface area (Å²) in [7, 11) is 0. The van der Waals surface area contributed by atoms with Crippen molar-refractivity contribution in [2.75, 3.05) is 0 Å². The molecule has 4 nitrogen and oxygen atoms in total. The van der Waals surface area contributed by atoms with Crippen LogP contribution in [0, 0.1) is 0 Å². The molecule has 2 N–H and O–H groups in total. The van der Waals surface area contributed by atoms with Gasteiger partial charge in [-0.25, -0.2) is 0 Å². The third-order valence-electron chi connectivity index (χ3n) is 0.347. The first kappa shape index (κ1) is 12.6. The van der Waals surface area contributed by atoms with Crippen molar-refractivity contribution in [1.29, 1.82) is 0 Å². The van der Waals surface area contributed by atoms with Crippen LogP contribution in [-0.2, 0) is 11.3 Å². The standard InChI is InChI=1S/C3H3NS.ClH.H3NO2S/c1-2-5-3-4-1;;1-4(2)3/h1-3H;1H;1H2,(H,2,3)/p-1. The van der Waals surface area contributed by atoms with Crippen molar-refractivity contribution in [1.82, 2.24) is 4.98 Å². The van der Waals surface area contributed by atoms with Crippen LogP contribution < -0.4 is 5.14 Å². The second-order valence-electron chi connectivity index (χ2n) is 0.936. The van der Waals surface area contributed by atoms with Gasteiger partial charge in [-0.1, -0.05) is 0 Å². The Morgan fingerprint density at radius 3 is 2.30 bits per heavy atom. The number of rotatable bonds is 0. The van der Waals surface area contributed by atoms with Gasteiger partial charge in [-0.2, -0.15) is 0 Å². The Labute approximate surface area is 71.3 Å². The highest BCUT2D eigenvalue weighted by molar-refractivity contribution is 7.76. The Morgan fingerprint density at radius 1 is 1.70 bits per heavy atom. The molecule has 0 amide bonds. The Bertz CT molecular complexity index is 136. The van der Waals surface area contributed by atoms with E-state index in [4.69, 9.17) is 8.76 Å². The molecule has 1 aromatic rings. The molecule has 0 bridgehead atoms. The molecule has 60 valence electrons. The Hall–Kier alpha value is -0.0100. The van der Waals surface area contributed by atoms with E-state index in [1.807, 2.05) is 5.38 Å². The topological polar surface area (TPSA) is 79.0 Å². The summed E-state index contributed by atoms with van der Waals surface area (Å²) in [6, 6.07) is 0. The van der Waals surface area contributed by atoms with Gasteiger partial charge >= 0.3 is 0 Å². The number of hydrogen-bond donors (Lipinski definition) is 1. The number of hydrogen-bond acceptors (Lipinski definition) is 4. The lowest BCUT2D eigenvalue weighted by Gasteiger charge is -1.85. The van der Waals surface area contributed by atoms with E-state index < -0.39 is 11.3 Å². The molecule has 0 aromatic carbocycles. The molecule has 0 saturated heterocycles. The maximum atomic E-state index is 8.78. The monoisotopic (exact) mass is 201 g/mol. The smallest absolute Gasteiger partial charge is 0.0791 e. The lowest BCUT2D eigenvalue weighted by atomic mass is 11.0. The summed E-state index contributed by atoms with van der Waals surface area (Å²) in [5, 5.41) is 5.96. The summed E-state index contributed by atoms with van der Waals surface area (Å²) in [6.07, 6.45) is 1.77. The normalized spacial score (nSPS) is 10.2. The zero-order chi connectivity index (χ0) is 7.11. The highest BCUT2D eigenvalue weighted by Gasteiger charge is 1.59. The van der Waals surface area contributed by atoms with Crippen molar-refractivity contribution in [2.45, 2.75) is 0 Å². The van der Waals surface area contributed by atoms with E-state index in [-0.39, 0.29) is 12.4 Å². The molecule has 0 aliphatic rings. The molecule has 1 aromatic heterocycles. The van der Waals surface area contributed by atoms with Gasteiger partial charge in [-0.05, 0) is 0 Å². The van der Waals surface area contributed by atoms with E-state index >= 15 is 0 Å². The summed E-state index contributed by atoms with van der Waals surface area (Å²) >= 11 is -0.759. The molecule has 1 rings (SSSR count). The molecule has 0 aliphatic carbocycles. The quantitative estimate of drug-likeness (QED) is 0.614. The number of nitrogens with zero attached hydrogens (tertiary/aromatic N) is 1. The van der Waals surface area contributed by atoms with Gasteiger partial charge in [0.2, 0.25) is 0 Å². The molecule has 0 fully saturated rings. The Balaban J connectivity index is 0. The van der Waals surface area contributed by atoms with Crippen LogP contribution in [0.15, 0.2) is 17.1 Å². The van der Waals surface area contributed by atoms with Gasteiger partial charge in [0, 0.05) is 22.8 Å². The predicted molar refractivity (Wildman–Crippen MR) is 42.5 cm³/mol. The van der Waals surface area contributed by atoms with Crippen molar-refractivity contribution in [3.05, 3.63) is 17.1 Å². The second kappa shape index (κ2) is 8.99. The summed E-state index contributed by atoms with van der Waals surface area (Å²) in [4.78, 5) is 3.74. The molecule has 0 radical (unpaired) electrons. The van der Waals surface area contributed by atoms with Crippen LogP contribution in [0.1, 0.15) is 0 Å². The number of halogens is 1. The van der Waals surface area contributed by atoms with E-state index in [1.54, 1.807) is 23.0 Å². The average molecular weight is 202 g/mol. The fourth-order valence-electron chi connectivity index (χ4n) is 0.176. The molecule has 0 saturated carbocycles. The van der Waals surface area contributed by atoms with Gasteiger partial charge in [-0.3, -0.25) is 14.3 Å². The van der Waals surface area contributed by atoms with E-state index in [9.17, 15) is 0 Å². The summed E-state index contributed by atoms with van der Waals surface area (Å²) < 4.78 is 17.6. The van der Waals surface area contributed by atoms with Crippen LogP contribution in [0.25, 0.3) is 0 Å². The maximum Gasteiger partial charge on any atom is 0.0791 e. The molecule has 1 heterocycles. The lowest BCUT2D eigenvalue weighted by molar-refractivity contribution is 0.539. The molecule has 7 heteroatoms. The van der Waals surface area contributed by atoms with Crippen molar-refractivity contribution in [2.24, 2.45) is 5.14 Å². The predicted octanol–water partition coefficient (Wildman–Crippen LogP) is 0.304. The minimum atomic E-state index is -2.36. The average Bonchev–Trinajstić information content (AvgIpc) is 2.11. The van der Waals surface area contributed by atoms with E-state index in [0.29, 0.717) is 0 Å². The molecule has 1 atom stereocenters. The third kappa shape index (κ3) is 15.7. The van der Waals surface area contributed by atoms with Crippen LogP contribution in [0.2, 0.25) is 0 Å². The van der Waals surface area contributed by atoms with Crippen LogP contribution >= 0.6 is 23.7 Å². The number of aromatic nitrogens is 1. The first-order valence-corrected chi connectivity index (χ1v) is 3.97.